The number of hydrogen-bond donors (Lipinski definition) is 1. The number of nitriles is 1. The molecule has 0 amide bonds. The Morgan fingerprint density at radius 3 is 2.47 bits per heavy atom. The van der Waals surface area contributed by atoms with Gasteiger partial charge in [0.15, 0.2) is 0 Å². The summed E-state index contributed by atoms with van der Waals surface area (Å²) in [5.74, 6) is 2.36. The number of nitrogens with one attached hydrogen (secondary N) is 1. The van der Waals surface area contributed by atoms with Crippen LogP contribution in [0.5, 0.6) is 5.75 Å². The van der Waals surface area contributed by atoms with Gasteiger partial charge in [-0.1, -0.05) is 12.1 Å². The van der Waals surface area contributed by atoms with E-state index in [0.29, 0.717) is 17.4 Å². The lowest BCUT2D eigenvalue weighted by Crippen LogP contribution is -2.52. The van der Waals surface area contributed by atoms with Gasteiger partial charge in [0.25, 0.3) is 0 Å². The van der Waals surface area contributed by atoms with Crippen molar-refractivity contribution in [3.8, 4) is 11.8 Å². The highest BCUT2D eigenvalue weighted by molar-refractivity contribution is 5.94. The van der Waals surface area contributed by atoms with Crippen LogP contribution in [0.4, 0.5) is 11.5 Å². The van der Waals surface area contributed by atoms with Crippen LogP contribution in [0.3, 0.4) is 0 Å². The average Bonchev–Trinajstić information content (AvgIpc) is 2.93. The zero-order chi connectivity index (χ0) is 26.8. The number of anilines is 2. The monoisotopic (exact) mass is 513 g/mol. The molecule has 0 aliphatic carbocycles. The van der Waals surface area contributed by atoms with Crippen molar-refractivity contribution in [3.05, 3.63) is 52.8 Å². The summed E-state index contributed by atoms with van der Waals surface area (Å²) in [4.78, 5) is 17.1. The van der Waals surface area contributed by atoms with Crippen molar-refractivity contribution < 1.29 is 4.74 Å². The Hall–Kier alpha value is -3.41. The van der Waals surface area contributed by atoms with Crippen LogP contribution in [0.15, 0.2) is 30.3 Å². The molecule has 2 aliphatic rings. The van der Waals surface area contributed by atoms with E-state index in [1.165, 1.54) is 13.1 Å². The minimum atomic E-state index is -0.0225. The molecule has 0 radical (unpaired) electrons. The fraction of sp³-hybridized carbons (Fsp3) is 0.500. The highest BCUT2D eigenvalue weighted by atomic mass is 16.5. The van der Waals surface area contributed by atoms with Gasteiger partial charge in [0.2, 0.25) is 0 Å². The topological polar surface area (TPSA) is 80.5 Å². The minimum absolute atomic E-state index is 0.0225. The molecule has 5 rings (SSSR count). The molecule has 2 saturated heterocycles. The van der Waals surface area contributed by atoms with Gasteiger partial charge >= 0.3 is 0 Å². The summed E-state index contributed by atoms with van der Waals surface area (Å²) in [7, 11) is 3.95. The van der Waals surface area contributed by atoms with Crippen LogP contribution in [0, 0.1) is 25.2 Å². The van der Waals surface area contributed by atoms with Crippen LogP contribution in [-0.2, 0) is 0 Å². The maximum atomic E-state index is 9.48. The first-order chi connectivity index (χ1) is 18.4. The summed E-state index contributed by atoms with van der Waals surface area (Å²) in [6.07, 6.45) is 2.32. The van der Waals surface area contributed by atoms with Crippen LogP contribution in [0.25, 0.3) is 10.9 Å². The number of nitrogens with zero attached hydrogens (tertiary/aromatic N) is 6. The number of aromatic nitrogens is 2. The van der Waals surface area contributed by atoms with E-state index >= 15 is 0 Å². The third kappa shape index (κ3) is 5.27. The van der Waals surface area contributed by atoms with E-state index in [0.717, 1.165) is 78.3 Å². The van der Waals surface area contributed by atoms with E-state index in [1.54, 1.807) is 7.11 Å². The minimum Gasteiger partial charge on any atom is -0.495 e. The molecule has 200 valence electrons. The summed E-state index contributed by atoms with van der Waals surface area (Å²) in [5.41, 5.74) is 4.75. The Labute approximate surface area is 226 Å². The normalized spacial score (nSPS) is 18.4. The maximum absolute atomic E-state index is 9.48. The molecular weight excluding hydrogens is 474 g/mol. The molecule has 2 aromatic carbocycles. The summed E-state index contributed by atoms with van der Waals surface area (Å²) >= 11 is 0. The van der Waals surface area contributed by atoms with Crippen molar-refractivity contribution in [2.45, 2.75) is 45.7 Å². The van der Waals surface area contributed by atoms with Crippen molar-refractivity contribution in [2.24, 2.45) is 0 Å². The molecule has 1 aromatic heterocycles. The lowest BCUT2D eigenvalue weighted by atomic mass is 9.98. The predicted octanol–water partition coefficient (Wildman–Crippen LogP) is 4.52. The number of benzene rings is 2. The van der Waals surface area contributed by atoms with Crippen LogP contribution in [0.1, 0.15) is 48.3 Å². The second kappa shape index (κ2) is 11.1. The van der Waals surface area contributed by atoms with E-state index in [4.69, 9.17) is 14.7 Å². The molecule has 38 heavy (non-hydrogen) atoms. The molecule has 1 N–H and O–H groups in total. The molecule has 0 spiro atoms. The van der Waals surface area contributed by atoms with Crippen molar-refractivity contribution in [1.82, 2.24) is 19.8 Å². The maximum Gasteiger partial charge on any atom is 0.144 e. The average molecular weight is 514 g/mol. The van der Waals surface area contributed by atoms with Gasteiger partial charge in [-0.3, -0.25) is 4.90 Å². The SMILES string of the molecule is COc1cc2nc(C)nc(N[C@H](C)c3cccc(C#N)c3C)c2cc1N1CCC(N2CCN(C)CC2)CC1. The summed E-state index contributed by atoms with van der Waals surface area (Å²) in [6.45, 7) is 12.7. The Bertz CT molecular complexity index is 1330. The Morgan fingerprint density at radius 2 is 1.79 bits per heavy atom. The lowest BCUT2D eigenvalue weighted by Gasteiger charge is -2.42. The number of piperazine rings is 1. The standard InChI is InChI=1S/C30H39N7O/c1-20-23(19-31)7-6-8-25(20)21(2)32-30-26-17-28(29(38-5)18-27(26)33-22(3)34-30)37-11-9-24(10-12-37)36-15-13-35(4)14-16-36/h6-8,17-18,21,24H,9-16H2,1-5H3,(H,32,33,34)/t21-/m1/s1. The number of ether oxygens (including phenoxy) is 1. The summed E-state index contributed by atoms with van der Waals surface area (Å²) in [5, 5.41) is 14.1. The van der Waals surface area contributed by atoms with Crippen LogP contribution < -0.4 is 15.0 Å². The van der Waals surface area contributed by atoms with Gasteiger partial charge in [0.05, 0.1) is 36.0 Å². The fourth-order valence-electron chi connectivity index (χ4n) is 5.97. The van der Waals surface area contributed by atoms with Gasteiger partial charge in [-0.2, -0.15) is 5.26 Å². The highest BCUT2D eigenvalue weighted by Gasteiger charge is 2.28. The largest absolute Gasteiger partial charge is 0.495 e. The van der Waals surface area contributed by atoms with E-state index in [1.807, 2.05) is 32.0 Å². The smallest absolute Gasteiger partial charge is 0.144 e. The number of aryl methyl sites for hydroxylation is 1. The molecule has 2 fully saturated rings. The number of piperidine rings is 1. The molecule has 8 heteroatoms. The first-order valence-corrected chi connectivity index (χ1v) is 13.7. The van der Waals surface area contributed by atoms with Gasteiger partial charge in [0.1, 0.15) is 17.4 Å². The third-order valence-corrected chi connectivity index (χ3v) is 8.28. The number of fused-ring (bicyclic) bond motifs is 1. The first kappa shape index (κ1) is 26.2. The van der Waals surface area contributed by atoms with Crippen molar-refractivity contribution in [2.75, 3.05) is 63.6 Å². The fourth-order valence-corrected chi connectivity index (χ4v) is 5.97. The second-order valence-corrected chi connectivity index (χ2v) is 10.7. The molecular formula is C30H39N7O. The van der Waals surface area contributed by atoms with Crippen LogP contribution in [-0.4, -0.2) is 79.2 Å². The van der Waals surface area contributed by atoms with E-state index in [2.05, 4.69) is 52.2 Å². The van der Waals surface area contributed by atoms with E-state index in [-0.39, 0.29) is 6.04 Å². The number of hydrogen-bond acceptors (Lipinski definition) is 8. The van der Waals surface area contributed by atoms with Crippen molar-refractivity contribution >= 4 is 22.4 Å². The Kier molecular flexibility index (Phi) is 7.68. The van der Waals surface area contributed by atoms with Gasteiger partial charge in [-0.05, 0) is 63.9 Å². The highest BCUT2D eigenvalue weighted by Crippen LogP contribution is 2.37. The van der Waals surface area contributed by atoms with Crippen LogP contribution in [0.2, 0.25) is 0 Å². The van der Waals surface area contributed by atoms with Crippen molar-refractivity contribution in [1.29, 1.82) is 5.26 Å². The lowest BCUT2D eigenvalue weighted by molar-refractivity contribution is 0.0981. The van der Waals surface area contributed by atoms with E-state index in [9.17, 15) is 5.26 Å². The van der Waals surface area contributed by atoms with Gasteiger partial charge in [-0.25, -0.2) is 9.97 Å². The number of methoxy groups -OCH3 is 1. The first-order valence-electron chi connectivity index (χ1n) is 13.7. The third-order valence-electron chi connectivity index (χ3n) is 8.28. The van der Waals surface area contributed by atoms with Gasteiger partial charge < -0.3 is 19.9 Å². The molecule has 3 aromatic rings. The van der Waals surface area contributed by atoms with E-state index < -0.39 is 0 Å². The zero-order valence-corrected chi connectivity index (χ0v) is 23.3. The molecule has 0 bridgehead atoms. The zero-order valence-electron chi connectivity index (χ0n) is 23.3. The quantitative estimate of drug-likeness (QED) is 0.516. The number of likely N-dealkylation sites (N-methyl/N-ethyl adjacent to an activating group) is 1. The molecule has 2 aliphatic heterocycles. The molecule has 8 nitrogen and oxygen atoms in total. The second-order valence-electron chi connectivity index (χ2n) is 10.7. The Morgan fingerprint density at radius 1 is 1.05 bits per heavy atom. The number of rotatable bonds is 6. The van der Waals surface area contributed by atoms with Crippen LogP contribution >= 0.6 is 0 Å². The molecule has 0 unspecified atom stereocenters. The van der Waals surface area contributed by atoms with Gasteiger partial charge in [-0.15, -0.1) is 0 Å². The summed E-state index contributed by atoms with van der Waals surface area (Å²) in [6, 6.07) is 13.0. The Balaban J connectivity index is 1.42. The predicted molar refractivity (Wildman–Crippen MR) is 153 cm³/mol. The van der Waals surface area contributed by atoms with Crippen molar-refractivity contribution in [3.63, 3.8) is 0 Å². The molecule has 3 heterocycles. The van der Waals surface area contributed by atoms with Gasteiger partial charge in [0, 0.05) is 56.8 Å². The summed E-state index contributed by atoms with van der Waals surface area (Å²) < 4.78 is 5.86. The molecule has 0 saturated carbocycles. The molecule has 1 atom stereocenters.